The zero-order valence-electron chi connectivity index (χ0n) is 3.94. The van der Waals surface area contributed by atoms with Crippen molar-refractivity contribution in [2.45, 2.75) is 6.92 Å². The van der Waals surface area contributed by atoms with Gasteiger partial charge in [-0.15, -0.1) is 0 Å². The molecule has 0 nitrogen and oxygen atoms in total. The first-order chi connectivity index (χ1) is 3.30. The number of rotatable bonds is 0. The molecule has 1 rings (SSSR count). The molecule has 0 bridgehead atoms. The molecule has 0 aromatic carbocycles. The van der Waals surface area contributed by atoms with Crippen LogP contribution in [-0.2, 0) is 0 Å². The van der Waals surface area contributed by atoms with Crippen LogP contribution in [0.4, 0.5) is 0 Å². The van der Waals surface area contributed by atoms with Crippen molar-refractivity contribution in [2.75, 3.05) is 0 Å². The summed E-state index contributed by atoms with van der Waals surface area (Å²) in [6, 6.07) is 0. The maximum Gasteiger partial charge on any atom is 0.0542 e. The van der Waals surface area contributed by atoms with Gasteiger partial charge in [0.05, 0.1) is 5.02 Å². The van der Waals surface area contributed by atoms with E-state index in [-0.39, 0.29) is 0 Å². The first-order valence-electron chi connectivity index (χ1n) is 1.99. The monoisotopic (exact) mass is 132 g/mol. The van der Waals surface area contributed by atoms with Gasteiger partial charge < -0.3 is 0 Å². The van der Waals surface area contributed by atoms with Gasteiger partial charge in [0.1, 0.15) is 0 Å². The number of halogens is 1. The predicted octanol–water partition coefficient (Wildman–Crippen LogP) is 2.71. The lowest BCUT2D eigenvalue weighted by Gasteiger charge is -1.76. The van der Waals surface area contributed by atoms with Gasteiger partial charge in [-0.2, -0.15) is 11.3 Å². The molecule has 0 amide bonds. The molecular formula is C5H5ClS. The standard InChI is InChI=1S/C5H5ClS/c1-4-2-7-3-5(4)6/h2-3H,1H3. The zero-order valence-corrected chi connectivity index (χ0v) is 5.51. The average molecular weight is 133 g/mol. The second-order valence-electron chi connectivity index (χ2n) is 1.40. The quantitative estimate of drug-likeness (QED) is 0.509. The van der Waals surface area contributed by atoms with E-state index in [0.29, 0.717) is 0 Å². The normalized spacial score (nSPS) is 9.43. The van der Waals surface area contributed by atoms with Crippen molar-refractivity contribution in [3.8, 4) is 0 Å². The lowest BCUT2D eigenvalue weighted by molar-refractivity contribution is 1.56. The molecule has 0 fully saturated rings. The molecule has 1 heterocycles. The van der Waals surface area contributed by atoms with E-state index in [2.05, 4.69) is 0 Å². The smallest absolute Gasteiger partial charge is 0.0542 e. The molecule has 0 spiro atoms. The van der Waals surface area contributed by atoms with Crippen LogP contribution in [0.2, 0.25) is 5.02 Å². The van der Waals surface area contributed by atoms with E-state index in [1.165, 1.54) is 5.56 Å². The van der Waals surface area contributed by atoms with Crippen molar-refractivity contribution < 1.29 is 0 Å². The topological polar surface area (TPSA) is 0 Å². The molecule has 0 N–H and O–H groups in total. The maximum absolute atomic E-state index is 5.63. The summed E-state index contributed by atoms with van der Waals surface area (Å²) in [6.45, 7) is 2.00. The number of thiophene rings is 1. The Hall–Kier alpha value is -0.0100. The Morgan fingerprint density at radius 1 is 1.57 bits per heavy atom. The van der Waals surface area contributed by atoms with Crippen LogP contribution >= 0.6 is 22.9 Å². The van der Waals surface area contributed by atoms with E-state index in [1.54, 1.807) is 11.3 Å². The molecule has 0 atom stereocenters. The fourth-order valence-corrected chi connectivity index (χ4v) is 1.32. The summed E-state index contributed by atoms with van der Waals surface area (Å²) in [5.41, 5.74) is 1.17. The molecule has 2 heteroatoms. The highest BCUT2D eigenvalue weighted by Gasteiger charge is 1.89. The van der Waals surface area contributed by atoms with Gasteiger partial charge in [-0.3, -0.25) is 0 Å². The van der Waals surface area contributed by atoms with Gasteiger partial charge in [0.25, 0.3) is 0 Å². The Morgan fingerprint density at radius 3 is 2.43 bits per heavy atom. The van der Waals surface area contributed by atoms with Crippen molar-refractivity contribution in [3.63, 3.8) is 0 Å². The molecule has 0 saturated heterocycles. The van der Waals surface area contributed by atoms with E-state index in [0.717, 1.165) is 5.02 Å². The minimum absolute atomic E-state index is 0.880. The highest BCUT2D eigenvalue weighted by molar-refractivity contribution is 7.08. The van der Waals surface area contributed by atoms with E-state index >= 15 is 0 Å². The summed E-state index contributed by atoms with van der Waals surface area (Å²) in [5, 5.41) is 4.84. The fourth-order valence-electron chi connectivity index (χ4n) is 0.345. The molecule has 1 aromatic heterocycles. The Bertz CT molecular complexity index is 140. The van der Waals surface area contributed by atoms with Gasteiger partial charge in [0, 0.05) is 5.38 Å². The molecule has 0 radical (unpaired) electrons. The van der Waals surface area contributed by atoms with Crippen LogP contribution in [0.5, 0.6) is 0 Å². The average Bonchev–Trinajstić information content (AvgIpc) is 1.91. The molecule has 0 aliphatic heterocycles. The molecule has 1 aromatic rings. The van der Waals surface area contributed by atoms with Crippen LogP contribution in [0.3, 0.4) is 0 Å². The summed E-state index contributed by atoms with van der Waals surface area (Å²) in [4.78, 5) is 0. The van der Waals surface area contributed by atoms with Gasteiger partial charge in [-0.25, -0.2) is 0 Å². The lowest BCUT2D eigenvalue weighted by Crippen LogP contribution is -1.55. The van der Waals surface area contributed by atoms with Crippen molar-refractivity contribution in [3.05, 3.63) is 21.3 Å². The van der Waals surface area contributed by atoms with Crippen molar-refractivity contribution >= 4 is 22.9 Å². The SMILES string of the molecule is Cc1cscc1Cl. The van der Waals surface area contributed by atoms with Crippen LogP contribution in [-0.4, -0.2) is 0 Å². The van der Waals surface area contributed by atoms with Crippen molar-refractivity contribution in [1.82, 2.24) is 0 Å². The van der Waals surface area contributed by atoms with Gasteiger partial charge in [0.2, 0.25) is 0 Å². The predicted molar refractivity (Wildman–Crippen MR) is 34.1 cm³/mol. The minimum Gasteiger partial charge on any atom is -0.151 e. The molecule has 0 aliphatic carbocycles. The summed E-state index contributed by atoms with van der Waals surface area (Å²) in [5.74, 6) is 0. The van der Waals surface area contributed by atoms with Crippen LogP contribution in [0.15, 0.2) is 10.8 Å². The summed E-state index contributed by atoms with van der Waals surface area (Å²) in [6.07, 6.45) is 0. The van der Waals surface area contributed by atoms with Crippen LogP contribution in [0.25, 0.3) is 0 Å². The largest absolute Gasteiger partial charge is 0.151 e. The number of aryl methyl sites for hydroxylation is 1. The van der Waals surface area contributed by atoms with Gasteiger partial charge in [-0.1, -0.05) is 11.6 Å². The van der Waals surface area contributed by atoms with E-state index < -0.39 is 0 Å². The second kappa shape index (κ2) is 1.85. The highest BCUT2D eigenvalue weighted by atomic mass is 35.5. The zero-order chi connectivity index (χ0) is 5.28. The molecule has 38 valence electrons. The van der Waals surface area contributed by atoms with Crippen LogP contribution in [0.1, 0.15) is 5.56 Å². The lowest BCUT2D eigenvalue weighted by atomic mass is 10.4. The Kier molecular flexibility index (Phi) is 1.35. The first kappa shape index (κ1) is 5.13. The second-order valence-corrected chi connectivity index (χ2v) is 2.55. The summed E-state index contributed by atoms with van der Waals surface area (Å²) >= 11 is 7.27. The fraction of sp³-hybridized carbons (Fsp3) is 0.200. The summed E-state index contributed by atoms with van der Waals surface area (Å²) < 4.78 is 0. The Labute approximate surface area is 51.7 Å². The summed E-state index contributed by atoms with van der Waals surface area (Å²) in [7, 11) is 0. The van der Waals surface area contributed by atoms with E-state index in [4.69, 9.17) is 11.6 Å². The van der Waals surface area contributed by atoms with Crippen molar-refractivity contribution in [1.29, 1.82) is 0 Å². The van der Waals surface area contributed by atoms with E-state index in [9.17, 15) is 0 Å². The Balaban J connectivity index is 3.12. The van der Waals surface area contributed by atoms with Gasteiger partial charge >= 0.3 is 0 Å². The molecular weight excluding hydrogens is 128 g/mol. The maximum atomic E-state index is 5.63. The van der Waals surface area contributed by atoms with Gasteiger partial charge in [0.15, 0.2) is 0 Å². The molecule has 0 unspecified atom stereocenters. The Morgan fingerprint density at radius 2 is 2.29 bits per heavy atom. The van der Waals surface area contributed by atoms with Gasteiger partial charge in [-0.05, 0) is 17.9 Å². The molecule has 0 aliphatic rings. The third-order valence-corrected chi connectivity index (χ3v) is 2.19. The van der Waals surface area contributed by atoms with Crippen molar-refractivity contribution in [2.24, 2.45) is 0 Å². The number of hydrogen-bond donors (Lipinski definition) is 0. The molecule has 7 heavy (non-hydrogen) atoms. The number of hydrogen-bond acceptors (Lipinski definition) is 1. The first-order valence-corrected chi connectivity index (χ1v) is 3.31. The van der Waals surface area contributed by atoms with E-state index in [1.807, 2.05) is 17.7 Å². The van der Waals surface area contributed by atoms with Crippen LogP contribution < -0.4 is 0 Å². The van der Waals surface area contributed by atoms with Crippen LogP contribution in [0, 0.1) is 6.92 Å². The third-order valence-electron chi connectivity index (χ3n) is 0.793. The highest BCUT2D eigenvalue weighted by Crippen LogP contribution is 2.18. The third kappa shape index (κ3) is 0.956. The minimum atomic E-state index is 0.880. The molecule has 0 saturated carbocycles.